The van der Waals surface area contributed by atoms with Crippen LogP contribution in [0.4, 0.5) is 0 Å². The van der Waals surface area contributed by atoms with Crippen LogP contribution >= 0.6 is 11.6 Å². The number of benzene rings is 1. The predicted octanol–water partition coefficient (Wildman–Crippen LogP) is 3.68. The van der Waals surface area contributed by atoms with Crippen molar-refractivity contribution in [3.8, 4) is 11.3 Å². The van der Waals surface area contributed by atoms with Crippen LogP contribution in [-0.2, 0) is 0 Å². The molecular weight excluding hydrogens is 300 g/mol. The maximum absolute atomic E-state index is 9.92. The summed E-state index contributed by atoms with van der Waals surface area (Å²) in [4.78, 5) is 6.80. The third kappa shape index (κ3) is 2.91. The number of aromatic nitrogens is 1. The van der Waals surface area contributed by atoms with Crippen molar-refractivity contribution < 1.29 is 9.52 Å². The summed E-state index contributed by atoms with van der Waals surface area (Å²) in [6.07, 6.45) is -0.269. The van der Waals surface area contributed by atoms with Crippen LogP contribution in [0.15, 0.2) is 28.7 Å². The normalized spacial score (nSPS) is 23.9. The minimum Gasteiger partial charge on any atom is -0.439 e. The van der Waals surface area contributed by atoms with Gasteiger partial charge in [0, 0.05) is 23.7 Å². The van der Waals surface area contributed by atoms with Gasteiger partial charge in [-0.3, -0.25) is 4.90 Å². The molecule has 1 saturated heterocycles. The van der Waals surface area contributed by atoms with Crippen molar-refractivity contribution in [3.63, 3.8) is 0 Å². The van der Waals surface area contributed by atoms with Gasteiger partial charge in [0.2, 0.25) is 5.89 Å². The fourth-order valence-electron chi connectivity index (χ4n) is 2.92. The number of halogens is 1. The summed E-state index contributed by atoms with van der Waals surface area (Å²) in [6, 6.07) is 7.62. The molecule has 1 aliphatic heterocycles. The van der Waals surface area contributed by atoms with Crippen molar-refractivity contribution in [3.05, 3.63) is 40.9 Å². The molecule has 5 heteroatoms. The van der Waals surface area contributed by atoms with Crippen molar-refractivity contribution in [1.29, 1.82) is 0 Å². The second-order valence-electron chi connectivity index (χ2n) is 6.15. The van der Waals surface area contributed by atoms with E-state index in [1.54, 1.807) is 0 Å². The molecule has 1 aliphatic rings. The highest BCUT2D eigenvalue weighted by molar-refractivity contribution is 6.30. The fraction of sp³-hybridized carbons (Fsp3) is 0.471. The summed E-state index contributed by atoms with van der Waals surface area (Å²) < 4.78 is 6.01. The van der Waals surface area contributed by atoms with E-state index in [0.29, 0.717) is 17.5 Å². The van der Waals surface area contributed by atoms with E-state index < -0.39 is 0 Å². The first-order valence-corrected chi connectivity index (χ1v) is 7.99. The van der Waals surface area contributed by atoms with E-state index >= 15 is 0 Å². The minimum atomic E-state index is -0.269. The summed E-state index contributed by atoms with van der Waals surface area (Å²) >= 11 is 5.93. The summed E-state index contributed by atoms with van der Waals surface area (Å²) in [6.45, 7) is 7.62. The lowest BCUT2D eigenvalue weighted by atomic mass is 10.1. The largest absolute Gasteiger partial charge is 0.439 e. The average molecular weight is 321 g/mol. The monoisotopic (exact) mass is 320 g/mol. The average Bonchev–Trinajstić information content (AvgIpc) is 3.03. The van der Waals surface area contributed by atoms with Crippen molar-refractivity contribution in [2.24, 2.45) is 5.92 Å². The molecule has 1 aromatic carbocycles. The lowest BCUT2D eigenvalue weighted by Crippen LogP contribution is -2.25. The summed E-state index contributed by atoms with van der Waals surface area (Å²) in [7, 11) is 0. The number of hydrogen-bond acceptors (Lipinski definition) is 4. The highest BCUT2D eigenvalue weighted by Gasteiger charge is 2.33. The van der Waals surface area contributed by atoms with Crippen molar-refractivity contribution in [1.82, 2.24) is 9.88 Å². The Kier molecular flexibility index (Phi) is 4.26. The van der Waals surface area contributed by atoms with Gasteiger partial charge in [0.1, 0.15) is 0 Å². The number of aliphatic hydroxyl groups excluding tert-OH is 1. The van der Waals surface area contributed by atoms with E-state index in [9.17, 15) is 5.11 Å². The molecule has 1 N–H and O–H groups in total. The zero-order valence-corrected chi connectivity index (χ0v) is 13.8. The minimum absolute atomic E-state index is 0.0550. The highest BCUT2D eigenvalue weighted by Crippen LogP contribution is 2.32. The Labute approximate surface area is 135 Å². The third-order valence-electron chi connectivity index (χ3n) is 4.43. The molecule has 4 nitrogen and oxygen atoms in total. The zero-order chi connectivity index (χ0) is 15.9. The maximum atomic E-state index is 9.92. The van der Waals surface area contributed by atoms with Gasteiger partial charge in [-0.15, -0.1) is 0 Å². The molecule has 1 aromatic heterocycles. The number of likely N-dealkylation sites (tertiary alicyclic amines) is 1. The molecule has 2 heterocycles. The van der Waals surface area contributed by atoms with E-state index in [2.05, 4.69) is 23.7 Å². The smallest absolute Gasteiger partial charge is 0.212 e. The third-order valence-corrected chi connectivity index (χ3v) is 4.68. The first kappa shape index (κ1) is 15.5. The second kappa shape index (κ2) is 6.03. The molecule has 1 fully saturated rings. The van der Waals surface area contributed by atoms with Crippen LogP contribution in [0.2, 0.25) is 5.02 Å². The Balaban J connectivity index is 1.84. The second-order valence-corrected chi connectivity index (χ2v) is 6.58. The van der Waals surface area contributed by atoms with Gasteiger partial charge < -0.3 is 9.52 Å². The van der Waals surface area contributed by atoms with Gasteiger partial charge in [-0.25, -0.2) is 4.98 Å². The molecule has 0 spiro atoms. The Morgan fingerprint density at radius 2 is 2.00 bits per heavy atom. The van der Waals surface area contributed by atoms with Gasteiger partial charge in [-0.1, -0.05) is 18.5 Å². The molecule has 0 aliphatic carbocycles. The highest BCUT2D eigenvalue weighted by atomic mass is 35.5. The van der Waals surface area contributed by atoms with Crippen LogP contribution in [0.5, 0.6) is 0 Å². The predicted molar refractivity (Wildman–Crippen MR) is 86.8 cm³/mol. The summed E-state index contributed by atoms with van der Waals surface area (Å²) in [5, 5.41) is 10.6. The molecule has 3 atom stereocenters. The van der Waals surface area contributed by atoms with Crippen molar-refractivity contribution in [2.45, 2.75) is 32.9 Å². The van der Waals surface area contributed by atoms with Crippen LogP contribution < -0.4 is 0 Å². The quantitative estimate of drug-likeness (QED) is 0.937. The Morgan fingerprint density at radius 1 is 1.32 bits per heavy atom. The Bertz CT molecular complexity index is 643. The first-order valence-electron chi connectivity index (χ1n) is 7.61. The number of oxazole rings is 1. The Hall–Kier alpha value is -1.36. The van der Waals surface area contributed by atoms with Crippen LogP contribution in [0.1, 0.15) is 31.5 Å². The van der Waals surface area contributed by atoms with E-state index in [4.69, 9.17) is 16.0 Å². The van der Waals surface area contributed by atoms with Gasteiger partial charge >= 0.3 is 0 Å². The number of aryl methyl sites for hydroxylation is 1. The topological polar surface area (TPSA) is 49.5 Å². The van der Waals surface area contributed by atoms with Crippen molar-refractivity contribution in [2.75, 3.05) is 13.1 Å². The molecular formula is C17H21ClN2O2. The van der Waals surface area contributed by atoms with Crippen LogP contribution in [0.3, 0.4) is 0 Å². The SMILES string of the molecule is Cc1nc([C@H](C)N2C[C@H](C)[C@@H](O)C2)oc1-c1ccc(Cl)cc1. The molecule has 0 saturated carbocycles. The lowest BCUT2D eigenvalue weighted by molar-refractivity contribution is 0.139. The standard InChI is InChI=1S/C17H21ClN2O2/c1-10-8-20(9-15(10)21)12(3)17-19-11(2)16(22-17)13-4-6-14(18)7-5-13/h4-7,10,12,15,21H,8-9H2,1-3H3/t10-,12-,15-/m0/s1. The van der Waals surface area contributed by atoms with E-state index in [0.717, 1.165) is 23.6 Å². The van der Waals surface area contributed by atoms with Gasteiger partial charge in [0.05, 0.1) is 17.8 Å². The first-order chi connectivity index (χ1) is 10.5. The van der Waals surface area contributed by atoms with Gasteiger partial charge in [-0.2, -0.15) is 0 Å². The fourth-order valence-corrected chi connectivity index (χ4v) is 3.05. The van der Waals surface area contributed by atoms with Crippen molar-refractivity contribution >= 4 is 11.6 Å². The summed E-state index contributed by atoms with van der Waals surface area (Å²) in [5.41, 5.74) is 1.85. The molecule has 0 amide bonds. The van der Waals surface area contributed by atoms with E-state index in [1.807, 2.05) is 31.2 Å². The zero-order valence-electron chi connectivity index (χ0n) is 13.1. The van der Waals surface area contributed by atoms with Gasteiger partial charge in [0.15, 0.2) is 5.76 Å². The molecule has 0 radical (unpaired) electrons. The molecule has 118 valence electrons. The molecule has 0 bridgehead atoms. The summed E-state index contributed by atoms with van der Waals surface area (Å²) in [5.74, 6) is 1.77. The number of β-amino-alcohol motifs (C(OH)–C–C–N with tert-alkyl or cyclic N) is 1. The van der Waals surface area contributed by atoms with Gasteiger partial charge in [-0.05, 0) is 44.0 Å². The number of rotatable bonds is 3. The number of nitrogens with zero attached hydrogens (tertiary/aromatic N) is 2. The van der Waals surface area contributed by atoms with Gasteiger partial charge in [0.25, 0.3) is 0 Å². The van der Waals surface area contributed by atoms with Crippen LogP contribution in [0, 0.1) is 12.8 Å². The van der Waals surface area contributed by atoms with Crippen LogP contribution in [0.25, 0.3) is 11.3 Å². The number of aliphatic hydroxyl groups is 1. The molecule has 22 heavy (non-hydrogen) atoms. The molecule has 0 unspecified atom stereocenters. The molecule has 3 rings (SSSR count). The molecule has 2 aromatic rings. The maximum Gasteiger partial charge on any atom is 0.212 e. The number of hydrogen-bond donors (Lipinski definition) is 1. The lowest BCUT2D eigenvalue weighted by Gasteiger charge is -2.20. The van der Waals surface area contributed by atoms with E-state index in [-0.39, 0.29) is 18.1 Å². The Morgan fingerprint density at radius 3 is 2.59 bits per heavy atom. The van der Waals surface area contributed by atoms with E-state index in [1.165, 1.54) is 0 Å². The van der Waals surface area contributed by atoms with Crippen LogP contribution in [-0.4, -0.2) is 34.2 Å².